The van der Waals surface area contributed by atoms with E-state index in [2.05, 4.69) is 5.32 Å². The Labute approximate surface area is 213 Å². The second kappa shape index (κ2) is 13.5. The number of para-hydroxylation sites is 1. The Hall–Kier alpha value is -3.31. The minimum atomic E-state index is -0.668. The number of amides is 2. The van der Waals surface area contributed by atoms with Crippen LogP contribution in [0.4, 0.5) is 0 Å². The van der Waals surface area contributed by atoms with Gasteiger partial charge in [0.25, 0.3) is 0 Å². The topological polar surface area (TPSA) is 58.6 Å². The summed E-state index contributed by atoms with van der Waals surface area (Å²) in [7, 11) is 0. The molecule has 3 aromatic carbocycles. The first-order valence-corrected chi connectivity index (χ1v) is 12.4. The maximum absolute atomic E-state index is 13.5. The van der Waals surface area contributed by atoms with Gasteiger partial charge in [-0.25, -0.2) is 0 Å². The molecule has 0 aliphatic rings. The predicted octanol–water partition coefficient (Wildman–Crippen LogP) is 5.66. The fraction of sp³-hybridized carbons (Fsp3) is 0.310. The number of ether oxygens (including phenoxy) is 1. The quantitative estimate of drug-likeness (QED) is 0.332. The summed E-state index contributed by atoms with van der Waals surface area (Å²) in [6, 6.07) is 26.0. The number of rotatable bonds is 12. The van der Waals surface area contributed by atoms with Gasteiger partial charge in [-0.3, -0.25) is 9.59 Å². The zero-order chi connectivity index (χ0) is 25.0. The highest BCUT2D eigenvalue weighted by Crippen LogP contribution is 2.21. The number of nitrogens with one attached hydrogen (secondary N) is 1. The van der Waals surface area contributed by atoms with Gasteiger partial charge >= 0.3 is 0 Å². The molecule has 1 N–H and O–H groups in total. The third-order valence-electron chi connectivity index (χ3n) is 5.55. The number of carbonyl (C=O) groups is 2. The first-order chi connectivity index (χ1) is 16.9. The Morgan fingerprint density at radius 1 is 0.914 bits per heavy atom. The van der Waals surface area contributed by atoms with Crippen molar-refractivity contribution in [3.05, 3.63) is 101 Å². The van der Waals surface area contributed by atoms with Crippen LogP contribution in [0.15, 0.2) is 84.9 Å². The normalized spacial score (nSPS) is 11.7. The van der Waals surface area contributed by atoms with Gasteiger partial charge in [-0.2, -0.15) is 0 Å². The van der Waals surface area contributed by atoms with E-state index >= 15 is 0 Å². The molecule has 0 aliphatic carbocycles. The maximum atomic E-state index is 13.5. The molecular formula is C29H33ClN2O3. The SMILES string of the molecule is CC(C)NC(=O)C(Cc1ccccc1)N(Cc1ccccc1Cl)C(=O)CCCOc1ccccc1. The lowest BCUT2D eigenvalue weighted by atomic mass is 10.0. The van der Waals surface area contributed by atoms with E-state index in [4.69, 9.17) is 16.3 Å². The third kappa shape index (κ3) is 8.45. The molecule has 0 bridgehead atoms. The number of hydrogen-bond acceptors (Lipinski definition) is 3. The van der Waals surface area contributed by atoms with E-state index in [1.165, 1.54) is 0 Å². The second-order valence-electron chi connectivity index (χ2n) is 8.75. The molecule has 0 radical (unpaired) electrons. The molecule has 3 rings (SSSR count). The molecule has 3 aromatic rings. The molecule has 2 amide bonds. The smallest absolute Gasteiger partial charge is 0.243 e. The van der Waals surface area contributed by atoms with Crippen molar-refractivity contribution >= 4 is 23.4 Å². The molecule has 1 unspecified atom stereocenters. The molecule has 35 heavy (non-hydrogen) atoms. The Morgan fingerprint density at radius 2 is 1.54 bits per heavy atom. The molecule has 0 heterocycles. The minimum Gasteiger partial charge on any atom is -0.494 e. The van der Waals surface area contributed by atoms with Crippen LogP contribution in [0.25, 0.3) is 0 Å². The van der Waals surface area contributed by atoms with Crippen LogP contribution < -0.4 is 10.1 Å². The van der Waals surface area contributed by atoms with Crippen molar-refractivity contribution in [2.75, 3.05) is 6.61 Å². The average Bonchev–Trinajstić information content (AvgIpc) is 2.85. The number of carbonyl (C=O) groups excluding carboxylic acids is 2. The van der Waals surface area contributed by atoms with Gasteiger partial charge in [-0.15, -0.1) is 0 Å². The Balaban J connectivity index is 1.80. The highest BCUT2D eigenvalue weighted by molar-refractivity contribution is 6.31. The Kier molecular flexibility index (Phi) is 10.2. The van der Waals surface area contributed by atoms with Gasteiger partial charge in [0.05, 0.1) is 6.61 Å². The van der Waals surface area contributed by atoms with Crippen LogP contribution in [0.1, 0.15) is 37.8 Å². The van der Waals surface area contributed by atoms with Crippen LogP contribution in [0.2, 0.25) is 5.02 Å². The van der Waals surface area contributed by atoms with Crippen molar-refractivity contribution in [2.24, 2.45) is 0 Å². The van der Waals surface area contributed by atoms with Crippen LogP contribution in [0.3, 0.4) is 0 Å². The van der Waals surface area contributed by atoms with Gasteiger partial charge in [0, 0.05) is 30.5 Å². The fourth-order valence-corrected chi connectivity index (χ4v) is 4.01. The minimum absolute atomic E-state index is 0.0442. The van der Waals surface area contributed by atoms with Gasteiger partial charge < -0.3 is 15.0 Å². The Morgan fingerprint density at radius 3 is 2.20 bits per heavy atom. The van der Waals surface area contributed by atoms with Crippen molar-refractivity contribution in [3.63, 3.8) is 0 Å². The van der Waals surface area contributed by atoms with E-state index < -0.39 is 6.04 Å². The standard InChI is InChI=1S/C29H33ClN2O3/c1-22(2)31-29(34)27(20-23-12-5-3-6-13-23)32(21-24-14-9-10-17-26(24)30)28(33)18-11-19-35-25-15-7-4-8-16-25/h3-10,12-17,22,27H,11,18-21H2,1-2H3,(H,31,34). The van der Waals surface area contributed by atoms with E-state index in [1.807, 2.05) is 92.7 Å². The number of hydrogen-bond donors (Lipinski definition) is 1. The molecule has 0 aromatic heterocycles. The summed E-state index contributed by atoms with van der Waals surface area (Å²) >= 11 is 6.44. The van der Waals surface area contributed by atoms with E-state index in [9.17, 15) is 9.59 Å². The van der Waals surface area contributed by atoms with Gasteiger partial charge in [-0.05, 0) is 49.6 Å². The van der Waals surface area contributed by atoms with E-state index in [0.717, 1.165) is 16.9 Å². The first kappa shape index (κ1) is 26.3. The highest BCUT2D eigenvalue weighted by atomic mass is 35.5. The summed E-state index contributed by atoms with van der Waals surface area (Å²) in [5.41, 5.74) is 1.79. The lowest BCUT2D eigenvalue weighted by molar-refractivity contribution is -0.141. The maximum Gasteiger partial charge on any atom is 0.243 e. The monoisotopic (exact) mass is 492 g/mol. The molecular weight excluding hydrogens is 460 g/mol. The number of nitrogens with zero attached hydrogens (tertiary/aromatic N) is 1. The average molecular weight is 493 g/mol. The molecule has 0 saturated carbocycles. The molecule has 0 saturated heterocycles. The van der Waals surface area contributed by atoms with Gasteiger partial charge in [0.1, 0.15) is 11.8 Å². The largest absolute Gasteiger partial charge is 0.494 e. The van der Waals surface area contributed by atoms with Gasteiger partial charge in [-0.1, -0.05) is 78.3 Å². The van der Waals surface area contributed by atoms with Crippen LogP contribution in [0, 0.1) is 0 Å². The zero-order valence-electron chi connectivity index (χ0n) is 20.3. The molecule has 0 fully saturated rings. The summed E-state index contributed by atoms with van der Waals surface area (Å²) in [5, 5.41) is 3.57. The number of benzene rings is 3. The fourth-order valence-electron chi connectivity index (χ4n) is 3.82. The number of halogens is 1. The molecule has 0 spiro atoms. The van der Waals surface area contributed by atoms with E-state index in [-0.39, 0.29) is 30.8 Å². The third-order valence-corrected chi connectivity index (χ3v) is 5.92. The molecule has 5 nitrogen and oxygen atoms in total. The van der Waals surface area contributed by atoms with E-state index in [0.29, 0.717) is 24.5 Å². The van der Waals surface area contributed by atoms with E-state index in [1.54, 1.807) is 11.0 Å². The second-order valence-corrected chi connectivity index (χ2v) is 9.15. The summed E-state index contributed by atoms with van der Waals surface area (Å²) in [4.78, 5) is 28.5. The van der Waals surface area contributed by atoms with Crippen LogP contribution in [-0.2, 0) is 22.6 Å². The summed E-state index contributed by atoms with van der Waals surface area (Å²) < 4.78 is 5.76. The highest BCUT2D eigenvalue weighted by Gasteiger charge is 2.30. The van der Waals surface area contributed by atoms with Crippen molar-refractivity contribution in [2.45, 2.75) is 51.7 Å². The van der Waals surface area contributed by atoms with Gasteiger partial charge in [0.15, 0.2) is 0 Å². The van der Waals surface area contributed by atoms with Crippen molar-refractivity contribution in [1.29, 1.82) is 0 Å². The van der Waals surface area contributed by atoms with Crippen LogP contribution >= 0.6 is 11.6 Å². The predicted molar refractivity (Wildman–Crippen MR) is 140 cm³/mol. The summed E-state index contributed by atoms with van der Waals surface area (Å²) in [5.74, 6) is 0.484. The molecule has 6 heteroatoms. The molecule has 1 atom stereocenters. The summed E-state index contributed by atoms with van der Waals surface area (Å²) in [6.45, 7) is 4.50. The molecule has 0 aliphatic heterocycles. The lowest BCUT2D eigenvalue weighted by Crippen LogP contribution is -2.51. The first-order valence-electron chi connectivity index (χ1n) is 12.0. The lowest BCUT2D eigenvalue weighted by Gasteiger charge is -2.32. The van der Waals surface area contributed by atoms with Crippen molar-refractivity contribution in [3.8, 4) is 5.75 Å². The summed E-state index contributed by atoms with van der Waals surface area (Å²) in [6.07, 6.45) is 1.21. The Bertz CT molecular complexity index is 1070. The van der Waals surface area contributed by atoms with Crippen molar-refractivity contribution in [1.82, 2.24) is 10.2 Å². The van der Waals surface area contributed by atoms with Gasteiger partial charge in [0.2, 0.25) is 11.8 Å². The van der Waals surface area contributed by atoms with Crippen LogP contribution in [-0.4, -0.2) is 35.4 Å². The zero-order valence-corrected chi connectivity index (χ0v) is 21.1. The molecule has 184 valence electrons. The van der Waals surface area contributed by atoms with Crippen LogP contribution in [0.5, 0.6) is 5.75 Å². The van der Waals surface area contributed by atoms with Crippen molar-refractivity contribution < 1.29 is 14.3 Å².